The van der Waals surface area contributed by atoms with E-state index in [4.69, 9.17) is 9.73 Å². The lowest BCUT2D eigenvalue weighted by molar-refractivity contribution is 0.0238. The highest BCUT2D eigenvalue weighted by Crippen LogP contribution is 2.22. The Kier molecular flexibility index (Phi) is 9.80. The van der Waals surface area contributed by atoms with Gasteiger partial charge in [0.25, 0.3) is 0 Å². The second-order valence-corrected chi connectivity index (χ2v) is 6.50. The van der Waals surface area contributed by atoms with E-state index >= 15 is 0 Å². The Balaban J connectivity index is 0.00000400. The maximum absolute atomic E-state index is 9.59. The second kappa shape index (κ2) is 9.84. The summed E-state index contributed by atoms with van der Waals surface area (Å²) in [5, 5.41) is 12.9. The van der Waals surface area contributed by atoms with Crippen molar-refractivity contribution in [2.45, 2.75) is 52.7 Å². The van der Waals surface area contributed by atoms with E-state index in [-0.39, 0.29) is 41.6 Å². The maximum atomic E-state index is 9.59. The standard InChI is InChI=1S/C15H31N3O2.HI/c1-6-16-14(18-9-7-12(19)8-10-18)17-11-13(20-5)15(2,3)4;/h12-13,19H,6-11H2,1-5H3,(H,16,17);1H. The first-order valence-electron chi connectivity index (χ1n) is 7.62. The lowest BCUT2D eigenvalue weighted by atomic mass is 9.89. The Morgan fingerprint density at radius 1 is 1.38 bits per heavy atom. The lowest BCUT2D eigenvalue weighted by Crippen LogP contribution is -2.47. The van der Waals surface area contributed by atoms with Gasteiger partial charge in [-0.3, -0.25) is 4.99 Å². The molecule has 1 atom stereocenters. The lowest BCUT2D eigenvalue weighted by Gasteiger charge is -2.33. The molecule has 0 spiro atoms. The quantitative estimate of drug-likeness (QED) is 0.421. The predicted molar refractivity (Wildman–Crippen MR) is 98.5 cm³/mol. The summed E-state index contributed by atoms with van der Waals surface area (Å²) >= 11 is 0. The van der Waals surface area contributed by atoms with Crippen molar-refractivity contribution < 1.29 is 9.84 Å². The fourth-order valence-electron chi connectivity index (χ4n) is 2.37. The van der Waals surface area contributed by atoms with Gasteiger partial charge in [0.1, 0.15) is 0 Å². The van der Waals surface area contributed by atoms with Gasteiger partial charge in [-0.25, -0.2) is 0 Å². The fraction of sp³-hybridized carbons (Fsp3) is 0.933. The van der Waals surface area contributed by atoms with Gasteiger partial charge in [0.2, 0.25) is 0 Å². The zero-order chi connectivity index (χ0) is 15.2. The number of nitrogens with one attached hydrogen (secondary N) is 1. The summed E-state index contributed by atoms with van der Waals surface area (Å²) in [4.78, 5) is 6.95. The number of rotatable bonds is 4. The van der Waals surface area contributed by atoms with Crippen LogP contribution in [0.4, 0.5) is 0 Å². The van der Waals surface area contributed by atoms with Crippen LogP contribution >= 0.6 is 24.0 Å². The Morgan fingerprint density at radius 3 is 2.38 bits per heavy atom. The molecule has 0 aromatic carbocycles. The molecule has 1 unspecified atom stereocenters. The van der Waals surface area contributed by atoms with E-state index in [0.29, 0.717) is 6.54 Å². The Bertz CT molecular complexity index is 311. The maximum Gasteiger partial charge on any atom is 0.194 e. The number of nitrogens with zero attached hydrogens (tertiary/aromatic N) is 2. The summed E-state index contributed by atoms with van der Waals surface area (Å²) in [6.07, 6.45) is 1.58. The molecular weight excluding hydrogens is 381 g/mol. The van der Waals surface area contributed by atoms with Crippen molar-refractivity contribution in [3.05, 3.63) is 0 Å². The number of likely N-dealkylation sites (tertiary alicyclic amines) is 1. The third kappa shape index (κ3) is 7.15. The van der Waals surface area contributed by atoms with E-state index < -0.39 is 0 Å². The van der Waals surface area contributed by atoms with E-state index in [1.54, 1.807) is 7.11 Å². The number of methoxy groups -OCH3 is 1. The summed E-state index contributed by atoms with van der Waals surface area (Å²) < 4.78 is 5.55. The average molecular weight is 413 g/mol. The molecule has 1 heterocycles. The summed E-state index contributed by atoms with van der Waals surface area (Å²) in [7, 11) is 1.75. The number of halogens is 1. The molecule has 0 aliphatic carbocycles. The first-order chi connectivity index (χ1) is 9.38. The van der Waals surface area contributed by atoms with Crippen LogP contribution in [0.5, 0.6) is 0 Å². The van der Waals surface area contributed by atoms with Gasteiger partial charge in [-0.1, -0.05) is 20.8 Å². The van der Waals surface area contributed by atoms with Crippen LogP contribution in [0.3, 0.4) is 0 Å². The van der Waals surface area contributed by atoms with Gasteiger partial charge in [0.15, 0.2) is 5.96 Å². The topological polar surface area (TPSA) is 57.1 Å². The SMILES string of the molecule is CCNC(=NCC(OC)C(C)(C)C)N1CCC(O)CC1.I. The van der Waals surface area contributed by atoms with Crippen LogP contribution < -0.4 is 5.32 Å². The van der Waals surface area contributed by atoms with E-state index in [9.17, 15) is 5.11 Å². The van der Waals surface area contributed by atoms with Crippen molar-refractivity contribution in [1.82, 2.24) is 10.2 Å². The van der Waals surface area contributed by atoms with Crippen LogP contribution in [0.1, 0.15) is 40.5 Å². The summed E-state index contributed by atoms with van der Waals surface area (Å²) in [6.45, 7) is 11.8. The van der Waals surface area contributed by atoms with E-state index in [1.165, 1.54) is 0 Å². The minimum atomic E-state index is -0.157. The van der Waals surface area contributed by atoms with Gasteiger partial charge in [-0.2, -0.15) is 0 Å². The zero-order valence-corrected chi connectivity index (χ0v) is 16.4. The minimum Gasteiger partial charge on any atom is -0.393 e. The number of aliphatic hydroxyl groups excluding tert-OH is 1. The van der Waals surface area contributed by atoms with Gasteiger partial charge >= 0.3 is 0 Å². The van der Waals surface area contributed by atoms with Crippen molar-refractivity contribution in [3.63, 3.8) is 0 Å². The molecule has 21 heavy (non-hydrogen) atoms. The number of hydrogen-bond donors (Lipinski definition) is 2. The van der Waals surface area contributed by atoms with Crippen LogP contribution in [0, 0.1) is 5.41 Å². The molecule has 0 amide bonds. The second-order valence-electron chi connectivity index (χ2n) is 6.50. The normalized spacial score (nSPS) is 19.1. The molecule has 0 saturated carbocycles. The Labute approximate surface area is 146 Å². The Hall–Kier alpha value is -0.0800. The van der Waals surface area contributed by atoms with Gasteiger partial charge < -0.3 is 20.1 Å². The molecule has 1 fully saturated rings. The highest BCUT2D eigenvalue weighted by molar-refractivity contribution is 14.0. The molecule has 126 valence electrons. The highest BCUT2D eigenvalue weighted by Gasteiger charge is 2.25. The summed E-state index contributed by atoms with van der Waals surface area (Å²) in [6, 6.07) is 0. The molecule has 0 aromatic heterocycles. The largest absolute Gasteiger partial charge is 0.393 e. The molecule has 1 rings (SSSR count). The van der Waals surface area contributed by atoms with Crippen LogP contribution in [0.15, 0.2) is 4.99 Å². The summed E-state index contributed by atoms with van der Waals surface area (Å²) in [5.41, 5.74) is 0.0771. The number of piperidine rings is 1. The fourth-order valence-corrected chi connectivity index (χ4v) is 2.37. The first-order valence-corrected chi connectivity index (χ1v) is 7.62. The monoisotopic (exact) mass is 413 g/mol. The van der Waals surface area contributed by atoms with Crippen molar-refractivity contribution in [1.29, 1.82) is 0 Å². The van der Waals surface area contributed by atoms with E-state index in [0.717, 1.165) is 38.4 Å². The van der Waals surface area contributed by atoms with E-state index in [2.05, 4.69) is 37.9 Å². The minimum absolute atomic E-state index is 0. The van der Waals surface area contributed by atoms with Gasteiger partial charge in [-0.05, 0) is 25.2 Å². The molecule has 0 radical (unpaired) electrons. The van der Waals surface area contributed by atoms with Crippen LogP contribution in [0.25, 0.3) is 0 Å². The van der Waals surface area contributed by atoms with Gasteiger partial charge in [0.05, 0.1) is 18.8 Å². The van der Waals surface area contributed by atoms with Crippen molar-refractivity contribution in [2.24, 2.45) is 10.4 Å². The molecule has 0 aromatic rings. The van der Waals surface area contributed by atoms with E-state index in [1.807, 2.05) is 0 Å². The highest BCUT2D eigenvalue weighted by atomic mass is 127. The van der Waals surface area contributed by atoms with Gasteiger partial charge in [-0.15, -0.1) is 24.0 Å². The summed E-state index contributed by atoms with van der Waals surface area (Å²) in [5.74, 6) is 0.936. The molecule has 1 aliphatic rings. The third-order valence-electron chi connectivity index (χ3n) is 3.76. The van der Waals surface area contributed by atoms with Gasteiger partial charge in [0, 0.05) is 26.7 Å². The number of hydrogen-bond acceptors (Lipinski definition) is 3. The molecule has 1 aliphatic heterocycles. The van der Waals surface area contributed by atoms with Crippen molar-refractivity contribution >= 4 is 29.9 Å². The predicted octanol–water partition coefficient (Wildman–Crippen LogP) is 2.09. The Morgan fingerprint density at radius 2 is 1.95 bits per heavy atom. The number of ether oxygens (including phenoxy) is 1. The molecule has 1 saturated heterocycles. The zero-order valence-electron chi connectivity index (χ0n) is 14.1. The first kappa shape index (κ1) is 20.9. The number of aliphatic imine (C=N–C) groups is 1. The van der Waals surface area contributed by atoms with Crippen molar-refractivity contribution in [2.75, 3.05) is 33.3 Å². The molecule has 0 bridgehead atoms. The molecule has 2 N–H and O–H groups in total. The number of aliphatic hydroxyl groups is 1. The van der Waals surface area contributed by atoms with Crippen LogP contribution in [0.2, 0.25) is 0 Å². The molecule has 6 heteroatoms. The smallest absolute Gasteiger partial charge is 0.194 e. The third-order valence-corrected chi connectivity index (χ3v) is 3.76. The van der Waals surface area contributed by atoms with Crippen LogP contribution in [-0.4, -0.2) is 61.5 Å². The number of guanidine groups is 1. The molecule has 5 nitrogen and oxygen atoms in total. The average Bonchev–Trinajstić information content (AvgIpc) is 2.37. The molecular formula is C15H32IN3O2. The van der Waals surface area contributed by atoms with Crippen LogP contribution in [-0.2, 0) is 4.74 Å². The van der Waals surface area contributed by atoms with Crippen molar-refractivity contribution in [3.8, 4) is 0 Å².